The lowest BCUT2D eigenvalue weighted by atomic mass is 9.91. The lowest BCUT2D eigenvalue weighted by molar-refractivity contribution is 0.0602. The average Bonchev–Trinajstić information content (AvgIpc) is 2.93. The van der Waals surface area contributed by atoms with Gasteiger partial charge in [0.25, 0.3) is 5.91 Å². The second-order valence-corrected chi connectivity index (χ2v) is 9.18. The van der Waals surface area contributed by atoms with Crippen molar-refractivity contribution in [3.63, 3.8) is 0 Å². The zero-order chi connectivity index (χ0) is 26.5. The summed E-state index contributed by atoms with van der Waals surface area (Å²) in [5.41, 5.74) is 5.84. The predicted octanol–water partition coefficient (Wildman–Crippen LogP) is 7.13. The molecule has 3 aromatic carbocycles. The molecule has 5 heteroatoms. The predicted molar refractivity (Wildman–Crippen MR) is 155 cm³/mol. The summed E-state index contributed by atoms with van der Waals surface area (Å²) in [4.78, 5) is 24.5. The minimum absolute atomic E-state index is 0.0605. The molecule has 0 bridgehead atoms. The van der Waals surface area contributed by atoms with Gasteiger partial charge in [-0.2, -0.15) is 0 Å². The number of unbranched alkanes of at least 4 members (excludes halogenated alkanes) is 3. The average molecular weight is 498 g/mol. The molecule has 1 fully saturated rings. The van der Waals surface area contributed by atoms with Crippen LogP contribution in [0.4, 0.5) is 11.4 Å². The number of carbonyl (C=O) groups excluding carboxylic acids is 1. The van der Waals surface area contributed by atoms with E-state index in [0.717, 1.165) is 56.4 Å². The summed E-state index contributed by atoms with van der Waals surface area (Å²) in [7, 11) is 1.00. The number of nitrogens with zero attached hydrogens (tertiary/aromatic N) is 3. The number of benzene rings is 3. The minimum Gasteiger partial charge on any atom is -0.400 e. The van der Waals surface area contributed by atoms with Gasteiger partial charge < -0.3 is 10.0 Å². The highest BCUT2D eigenvalue weighted by Crippen LogP contribution is 2.32. The summed E-state index contributed by atoms with van der Waals surface area (Å²) in [6.07, 6.45) is 9.28. The molecule has 0 radical (unpaired) electrons. The fraction of sp³-hybridized carbons (Fsp3) is 0.344. The third kappa shape index (κ3) is 7.96. The van der Waals surface area contributed by atoms with E-state index in [1.54, 1.807) is 0 Å². The highest BCUT2D eigenvalue weighted by molar-refractivity contribution is 5.97. The third-order valence-corrected chi connectivity index (χ3v) is 6.57. The summed E-state index contributed by atoms with van der Waals surface area (Å²) in [5, 5.41) is 7.00. The van der Waals surface area contributed by atoms with Gasteiger partial charge in [0.15, 0.2) is 0 Å². The van der Waals surface area contributed by atoms with Crippen LogP contribution in [-0.4, -0.2) is 48.5 Å². The summed E-state index contributed by atoms with van der Waals surface area (Å²) in [6, 6.07) is 24.5. The molecule has 1 N–H and O–H groups in total. The van der Waals surface area contributed by atoms with Gasteiger partial charge in [0.1, 0.15) is 0 Å². The zero-order valence-electron chi connectivity index (χ0n) is 22.3. The van der Waals surface area contributed by atoms with Crippen LogP contribution in [0, 0.1) is 0 Å². The zero-order valence-corrected chi connectivity index (χ0v) is 22.3. The Morgan fingerprint density at radius 3 is 2.32 bits per heavy atom. The lowest BCUT2D eigenvalue weighted by Gasteiger charge is -2.39. The maximum Gasteiger partial charge on any atom is 0.253 e. The molecule has 0 saturated carbocycles. The molecule has 0 atom stereocenters. The Bertz CT molecular complexity index is 1160. The van der Waals surface area contributed by atoms with Crippen LogP contribution in [0.25, 0.3) is 0 Å². The Hall–Kier alpha value is -3.57. The van der Waals surface area contributed by atoms with Crippen molar-refractivity contribution in [2.45, 2.75) is 51.9 Å². The van der Waals surface area contributed by atoms with Gasteiger partial charge in [0.2, 0.25) is 0 Å². The number of likely N-dealkylation sites (tertiary alicyclic amines) is 1. The SMILES string of the molecule is CCCCCC=Nc1cc(C(=O)N2CC(c3ccccc3)C2)ccc1N=Cc1ccc(CC)cc1.CO. The van der Waals surface area contributed by atoms with Crippen molar-refractivity contribution in [3.8, 4) is 0 Å². The van der Waals surface area contributed by atoms with Crippen molar-refractivity contribution < 1.29 is 9.90 Å². The van der Waals surface area contributed by atoms with Crippen molar-refractivity contribution in [3.05, 3.63) is 95.1 Å². The molecule has 0 unspecified atom stereocenters. The summed E-state index contributed by atoms with van der Waals surface area (Å²) in [6.45, 7) is 5.86. The monoisotopic (exact) mass is 497 g/mol. The van der Waals surface area contributed by atoms with Gasteiger partial charge in [-0.15, -0.1) is 0 Å². The van der Waals surface area contributed by atoms with Crippen molar-refractivity contribution in [2.75, 3.05) is 20.2 Å². The van der Waals surface area contributed by atoms with Crippen LogP contribution in [-0.2, 0) is 6.42 Å². The van der Waals surface area contributed by atoms with E-state index >= 15 is 0 Å². The highest BCUT2D eigenvalue weighted by Gasteiger charge is 2.32. The summed E-state index contributed by atoms with van der Waals surface area (Å²) in [5.74, 6) is 0.476. The maximum atomic E-state index is 13.2. The molecular formula is C32H39N3O2. The first kappa shape index (κ1) is 28.0. The quantitative estimate of drug-likeness (QED) is 0.239. The Morgan fingerprint density at radius 2 is 1.65 bits per heavy atom. The van der Waals surface area contributed by atoms with E-state index in [2.05, 4.69) is 62.4 Å². The first-order valence-corrected chi connectivity index (χ1v) is 13.3. The van der Waals surface area contributed by atoms with E-state index in [0.29, 0.717) is 11.5 Å². The molecule has 5 nitrogen and oxygen atoms in total. The molecule has 1 heterocycles. The Kier molecular flexibility index (Phi) is 11.2. The number of rotatable bonds is 10. The van der Waals surface area contributed by atoms with Gasteiger partial charge in [-0.3, -0.25) is 14.8 Å². The Morgan fingerprint density at radius 1 is 0.919 bits per heavy atom. The maximum absolute atomic E-state index is 13.2. The number of amides is 1. The van der Waals surface area contributed by atoms with E-state index < -0.39 is 0 Å². The van der Waals surface area contributed by atoms with Gasteiger partial charge in [0.05, 0.1) is 11.4 Å². The second kappa shape index (κ2) is 14.9. The Labute approximate surface area is 221 Å². The van der Waals surface area contributed by atoms with Crippen LogP contribution in [0.15, 0.2) is 82.8 Å². The standard InChI is InChI=1S/C31H35N3O.CH4O/c1-3-5-6-10-19-32-30-20-27(31(35)34-22-28(23-34)26-11-8-7-9-12-26)17-18-29(30)33-21-25-15-13-24(4-2)14-16-25;1-2/h7-9,11-21,28H,3-6,10,22-23H2,1-2H3;2H,1H3. The molecule has 1 aliphatic heterocycles. The van der Waals surface area contributed by atoms with Gasteiger partial charge in [-0.1, -0.05) is 81.3 Å². The number of carbonyl (C=O) groups is 1. The molecule has 4 rings (SSSR count). The van der Waals surface area contributed by atoms with E-state index in [-0.39, 0.29) is 5.91 Å². The molecule has 194 valence electrons. The van der Waals surface area contributed by atoms with Gasteiger partial charge in [-0.25, -0.2) is 0 Å². The van der Waals surface area contributed by atoms with Crippen LogP contribution in [0.5, 0.6) is 0 Å². The normalized spacial score (nSPS) is 13.5. The molecule has 37 heavy (non-hydrogen) atoms. The van der Waals surface area contributed by atoms with Gasteiger partial charge in [0, 0.05) is 44.1 Å². The van der Waals surface area contributed by atoms with E-state index in [1.807, 2.05) is 41.6 Å². The van der Waals surface area contributed by atoms with Crippen LogP contribution >= 0.6 is 0 Å². The number of aryl methyl sites for hydroxylation is 1. The molecule has 1 aliphatic rings. The van der Waals surface area contributed by atoms with Crippen LogP contribution in [0.3, 0.4) is 0 Å². The topological polar surface area (TPSA) is 65.3 Å². The molecular weight excluding hydrogens is 458 g/mol. The largest absolute Gasteiger partial charge is 0.400 e. The number of aliphatic hydroxyl groups is 1. The first-order valence-electron chi connectivity index (χ1n) is 13.3. The van der Waals surface area contributed by atoms with E-state index in [4.69, 9.17) is 15.1 Å². The number of aliphatic hydroxyl groups excluding tert-OH is 1. The first-order chi connectivity index (χ1) is 18.2. The molecule has 0 spiro atoms. The second-order valence-electron chi connectivity index (χ2n) is 9.18. The van der Waals surface area contributed by atoms with Crippen LogP contribution < -0.4 is 0 Å². The molecule has 3 aromatic rings. The van der Waals surface area contributed by atoms with E-state index in [1.165, 1.54) is 24.0 Å². The van der Waals surface area contributed by atoms with Crippen molar-refractivity contribution >= 4 is 29.7 Å². The fourth-order valence-corrected chi connectivity index (χ4v) is 4.26. The number of hydrogen-bond donors (Lipinski definition) is 1. The molecule has 1 saturated heterocycles. The smallest absolute Gasteiger partial charge is 0.253 e. The molecule has 0 aliphatic carbocycles. The number of aliphatic imine (C=N–C) groups is 2. The van der Waals surface area contributed by atoms with Crippen molar-refractivity contribution in [1.29, 1.82) is 0 Å². The van der Waals surface area contributed by atoms with Crippen molar-refractivity contribution in [2.24, 2.45) is 9.98 Å². The van der Waals surface area contributed by atoms with Crippen molar-refractivity contribution in [1.82, 2.24) is 4.90 Å². The van der Waals surface area contributed by atoms with Gasteiger partial charge in [-0.05, 0) is 54.2 Å². The minimum atomic E-state index is 0.0605. The summed E-state index contributed by atoms with van der Waals surface area (Å²) >= 11 is 0. The number of hydrogen-bond acceptors (Lipinski definition) is 4. The van der Waals surface area contributed by atoms with Crippen LogP contribution in [0.2, 0.25) is 0 Å². The molecule has 0 aromatic heterocycles. The van der Waals surface area contributed by atoms with Gasteiger partial charge >= 0.3 is 0 Å². The van der Waals surface area contributed by atoms with Crippen LogP contribution in [0.1, 0.15) is 72.5 Å². The fourth-order valence-electron chi connectivity index (χ4n) is 4.26. The lowest BCUT2D eigenvalue weighted by Crippen LogP contribution is -2.48. The Balaban J connectivity index is 0.00000186. The third-order valence-electron chi connectivity index (χ3n) is 6.57. The highest BCUT2D eigenvalue weighted by atomic mass is 16.2. The summed E-state index contributed by atoms with van der Waals surface area (Å²) < 4.78 is 0. The van der Waals surface area contributed by atoms with E-state index in [9.17, 15) is 4.79 Å². The molecule has 1 amide bonds.